The molecule has 2 N–H and O–H groups in total. The van der Waals surface area contributed by atoms with Crippen molar-refractivity contribution in [1.82, 2.24) is 0 Å². The molecule has 0 saturated carbocycles. The third-order valence-corrected chi connectivity index (χ3v) is 2.24. The van der Waals surface area contributed by atoms with Crippen molar-refractivity contribution in [2.45, 2.75) is 32.0 Å². The Bertz CT molecular complexity index is 308. The molecule has 5 heteroatoms. The summed E-state index contributed by atoms with van der Waals surface area (Å²) in [4.78, 5) is 0. The molecule has 0 unspecified atom stereocenters. The van der Waals surface area contributed by atoms with Crippen molar-refractivity contribution in [3.63, 3.8) is 0 Å². The van der Waals surface area contributed by atoms with Gasteiger partial charge in [-0.3, -0.25) is 0 Å². The molecule has 0 heterocycles. The van der Waals surface area contributed by atoms with Gasteiger partial charge in [-0.05, 0) is 18.9 Å². The van der Waals surface area contributed by atoms with Gasteiger partial charge in [0.05, 0.1) is 0 Å². The van der Waals surface area contributed by atoms with Gasteiger partial charge in [-0.15, -0.1) is 12.4 Å². The number of halogens is 4. The largest absolute Gasteiger partial charge is 0.389 e. The van der Waals surface area contributed by atoms with E-state index in [-0.39, 0.29) is 18.8 Å². The van der Waals surface area contributed by atoms with E-state index in [4.69, 9.17) is 5.73 Å². The van der Waals surface area contributed by atoms with Crippen molar-refractivity contribution in [3.05, 3.63) is 35.4 Å². The molecule has 1 aromatic rings. The molecule has 0 aliphatic rings. The Morgan fingerprint density at radius 2 is 1.69 bits per heavy atom. The van der Waals surface area contributed by atoms with Crippen LogP contribution in [0.5, 0.6) is 0 Å². The highest BCUT2D eigenvalue weighted by molar-refractivity contribution is 5.85. The van der Waals surface area contributed by atoms with Gasteiger partial charge in [0.25, 0.3) is 0 Å². The standard InChI is InChI=1S/C11H14F3N.ClH/c1-8-2-4-9(5-3-8)10(15)6-7-11(12,13)14;/h2-5,10H,6-7,15H2,1H3;1H/t10-;/m0./s1. The normalized spacial score (nSPS) is 13.1. The molecule has 0 spiro atoms. The van der Waals surface area contributed by atoms with Crippen molar-refractivity contribution in [1.29, 1.82) is 0 Å². The maximum Gasteiger partial charge on any atom is 0.389 e. The number of nitrogens with two attached hydrogens (primary N) is 1. The van der Waals surface area contributed by atoms with E-state index in [2.05, 4.69) is 0 Å². The molecule has 1 nitrogen and oxygen atoms in total. The van der Waals surface area contributed by atoms with E-state index in [9.17, 15) is 13.2 Å². The van der Waals surface area contributed by atoms with E-state index in [1.54, 1.807) is 12.1 Å². The maximum atomic E-state index is 11.9. The Morgan fingerprint density at radius 3 is 2.12 bits per heavy atom. The van der Waals surface area contributed by atoms with Crippen LogP contribution in [0.1, 0.15) is 30.0 Å². The minimum absolute atomic E-state index is 0. The molecule has 16 heavy (non-hydrogen) atoms. The molecule has 0 aromatic heterocycles. The summed E-state index contributed by atoms with van der Waals surface area (Å²) in [5.74, 6) is 0. The summed E-state index contributed by atoms with van der Waals surface area (Å²) in [6, 6.07) is 6.71. The van der Waals surface area contributed by atoms with Crippen molar-refractivity contribution in [2.75, 3.05) is 0 Å². The van der Waals surface area contributed by atoms with E-state index < -0.39 is 18.6 Å². The molecule has 92 valence electrons. The summed E-state index contributed by atoms with van der Waals surface area (Å²) < 4.78 is 35.8. The van der Waals surface area contributed by atoms with Crippen LogP contribution in [0.4, 0.5) is 13.2 Å². The lowest BCUT2D eigenvalue weighted by molar-refractivity contribution is -0.136. The van der Waals surface area contributed by atoms with Crippen LogP contribution >= 0.6 is 12.4 Å². The number of rotatable bonds is 3. The van der Waals surface area contributed by atoms with E-state index >= 15 is 0 Å². The highest BCUT2D eigenvalue weighted by Crippen LogP contribution is 2.26. The predicted molar refractivity (Wildman–Crippen MR) is 60.6 cm³/mol. The van der Waals surface area contributed by atoms with Gasteiger partial charge in [0.1, 0.15) is 0 Å². The highest BCUT2D eigenvalue weighted by atomic mass is 35.5. The first-order valence-electron chi connectivity index (χ1n) is 4.77. The SMILES string of the molecule is Cc1ccc([C@@H](N)CCC(F)(F)F)cc1.Cl. The van der Waals surface area contributed by atoms with Gasteiger partial charge in [-0.1, -0.05) is 29.8 Å². The number of hydrogen-bond acceptors (Lipinski definition) is 1. The predicted octanol–water partition coefficient (Wildman–Crippen LogP) is 3.76. The fourth-order valence-electron chi connectivity index (χ4n) is 1.30. The fourth-order valence-corrected chi connectivity index (χ4v) is 1.30. The average molecular weight is 254 g/mol. The monoisotopic (exact) mass is 253 g/mol. The Balaban J connectivity index is 0.00000225. The van der Waals surface area contributed by atoms with Crippen molar-refractivity contribution in [2.24, 2.45) is 5.73 Å². The Morgan fingerprint density at radius 1 is 1.19 bits per heavy atom. The quantitative estimate of drug-likeness (QED) is 0.872. The van der Waals surface area contributed by atoms with Gasteiger partial charge >= 0.3 is 6.18 Å². The lowest BCUT2D eigenvalue weighted by atomic mass is 10.0. The van der Waals surface area contributed by atoms with Crippen molar-refractivity contribution < 1.29 is 13.2 Å². The Labute approximate surface area is 99.2 Å². The Hall–Kier alpha value is -0.740. The molecule has 0 saturated heterocycles. The van der Waals surface area contributed by atoms with Crippen LogP contribution < -0.4 is 5.73 Å². The molecule has 0 bridgehead atoms. The van der Waals surface area contributed by atoms with Gasteiger partial charge in [-0.25, -0.2) is 0 Å². The zero-order valence-electron chi connectivity index (χ0n) is 8.92. The second-order valence-corrected chi connectivity index (χ2v) is 3.67. The second-order valence-electron chi connectivity index (χ2n) is 3.67. The number of alkyl halides is 3. The zero-order valence-corrected chi connectivity index (χ0v) is 9.74. The molecule has 1 aromatic carbocycles. The summed E-state index contributed by atoms with van der Waals surface area (Å²) in [6.45, 7) is 1.92. The lowest BCUT2D eigenvalue weighted by Crippen LogP contribution is -2.15. The zero-order chi connectivity index (χ0) is 11.5. The summed E-state index contributed by atoms with van der Waals surface area (Å²) in [6.07, 6.45) is -5.02. The number of benzene rings is 1. The summed E-state index contributed by atoms with van der Waals surface area (Å²) in [5.41, 5.74) is 7.48. The topological polar surface area (TPSA) is 26.0 Å². The molecule has 0 amide bonds. The fraction of sp³-hybridized carbons (Fsp3) is 0.455. The van der Waals surface area contributed by atoms with Gasteiger partial charge in [-0.2, -0.15) is 13.2 Å². The molecule has 0 fully saturated rings. The third-order valence-electron chi connectivity index (χ3n) is 2.24. The first-order chi connectivity index (χ1) is 6.88. The lowest BCUT2D eigenvalue weighted by Gasteiger charge is -2.13. The molecule has 0 aliphatic heterocycles. The van der Waals surface area contributed by atoms with Crippen LogP contribution in [0.2, 0.25) is 0 Å². The van der Waals surface area contributed by atoms with Gasteiger partial charge in [0, 0.05) is 12.5 Å². The Kier molecular flexibility index (Phi) is 5.83. The third kappa shape index (κ3) is 5.37. The molecule has 1 atom stereocenters. The first kappa shape index (κ1) is 15.3. The minimum atomic E-state index is -4.12. The average Bonchev–Trinajstić information content (AvgIpc) is 2.14. The van der Waals surface area contributed by atoms with Gasteiger partial charge in [0.15, 0.2) is 0 Å². The first-order valence-corrected chi connectivity index (χ1v) is 4.77. The molecule has 0 radical (unpaired) electrons. The molecule has 1 rings (SSSR count). The smallest absolute Gasteiger partial charge is 0.324 e. The van der Waals surface area contributed by atoms with Gasteiger partial charge < -0.3 is 5.73 Å². The van der Waals surface area contributed by atoms with Crippen LogP contribution in [0.15, 0.2) is 24.3 Å². The second kappa shape index (κ2) is 6.11. The van der Waals surface area contributed by atoms with Crippen LogP contribution in [0.25, 0.3) is 0 Å². The molecule has 0 aliphatic carbocycles. The van der Waals surface area contributed by atoms with E-state index in [0.717, 1.165) is 11.1 Å². The highest BCUT2D eigenvalue weighted by Gasteiger charge is 2.27. The molecular weight excluding hydrogens is 239 g/mol. The number of aryl methyl sites for hydroxylation is 1. The van der Waals surface area contributed by atoms with Crippen LogP contribution in [-0.2, 0) is 0 Å². The summed E-state index contributed by atoms with van der Waals surface area (Å²) in [5, 5.41) is 0. The van der Waals surface area contributed by atoms with Gasteiger partial charge in [0.2, 0.25) is 0 Å². The minimum Gasteiger partial charge on any atom is -0.324 e. The van der Waals surface area contributed by atoms with E-state index in [1.165, 1.54) is 0 Å². The maximum absolute atomic E-state index is 11.9. The van der Waals surface area contributed by atoms with E-state index in [1.807, 2.05) is 19.1 Å². The molecular formula is C11H15ClF3N. The number of hydrogen-bond donors (Lipinski definition) is 1. The summed E-state index contributed by atoms with van der Waals surface area (Å²) in [7, 11) is 0. The summed E-state index contributed by atoms with van der Waals surface area (Å²) >= 11 is 0. The van der Waals surface area contributed by atoms with Crippen molar-refractivity contribution >= 4 is 12.4 Å². The van der Waals surface area contributed by atoms with Crippen LogP contribution in [-0.4, -0.2) is 6.18 Å². The van der Waals surface area contributed by atoms with Crippen LogP contribution in [0, 0.1) is 6.92 Å². The van der Waals surface area contributed by atoms with Crippen molar-refractivity contribution in [3.8, 4) is 0 Å². The van der Waals surface area contributed by atoms with Crippen LogP contribution in [0.3, 0.4) is 0 Å². The van der Waals surface area contributed by atoms with E-state index in [0.29, 0.717) is 0 Å².